The van der Waals surface area contributed by atoms with Gasteiger partial charge in [0.15, 0.2) is 5.06 Å². The number of thiophene rings is 1. The molecule has 1 aromatic heterocycles. The predicted octanol–water partition coefficient (Wildman–Crippen LogP) is 5.25. The van der Waals surface area contributed by atoms with Gasteiger partial charge in [0.25, 0.3) is 0 Å². The summed E-state index contributed by atoms with van der Waals surface area (Å²) in [6.07, 6.45) is 4.90. The Bertz CT molecular complexity index is 565. The summed E-state index contributed by atoms with van der Waals surface area (Å²) >= 11 is 1.66. The maximum absolute atomic E-state index is 8.79. The van der Waals surface area contributed by atoms with Crippen molar-refractivity contribution in [3.63, 3.8) is 0 Å². The van der Waals surface area contributed by atoms with Crippen LogP contribution in [0.2, 0.25) is 0 Å². The number of hydrogen-bond donors (Lipinski definition) is 0. The summed E-state index contributed by atoms with van der Waals surface area (Å²) in [6, 6.07) is 13.9. The van der Waals surface area contributed by atoms with E-state index in [9.17, 15) is 0 Å². The van der Waals surface area contributed by atoms with Gasteiger partial charge in [-0.1, -0.05) is 49.7 Å². The molecule has 0 N–H and O–H groups in total. The fraction of sp³-hybridized carbons (Fsp3) is 0.353. The fourth-order valence-corrected chi connectivity index (χ4v) is 2.85. The van der Waals surface area contributed by atoms with Crippen LogP contribution in [0.4, 0.5) is 0 Å². The molecule has 0 bridgehead atoms. The third-order valence-electron chi connectivity index (χ3n) is 3.12. The van der Waals surface area contributed by atoms with Gasteiger partial charge in [0.1, 0.15) is 0 Å². The predicted molar refractivity (Wildman–Crippen MR) is 84.1 cm³/mol. The van der Waals surface area contributed by atoms with Crippen LogP contribution < -0.4 is 4.74 Å². The van der Waals surface area contributed by atoms with Crippen molar-refractivity contribution in [2.75, 3.05) is 6.61 Å². The molecule has 2 nitrogen and oxygen atoms in total. The molecule has 0 fully saturated rings. The van der Waals surface area contributed by atoms with Crippen LogP contribution in [0.25, 0.3) is 10.4 Å². The van der Waals surface area contributed by atoms with Crippen molar-refractivity contribution in [2.24, 2.45) is 0 Å². The zero-order valence-electron chi connectivity index (χ0n) is 11.8. The zero-order valence-corrected chi connectivity index (χ0v) is 12.6. The van der Waals surface area contributed by atoms with E-state index >= 15 is 0 Å². The summed E-state index contributed by atoms with van der Waals surface area (Å²) in [5.41, 5.74) is 1.83. The largest absolute Gasteiger partial charge is 0.484 e. The second-order valence-corrected chi connectivity index (χ2v) is 5.76. The zero-order chi connectivity index (χ0) is 14.2. The van der Waals surface area contributed by atoms with Crippen molar-refractivity contribution < 1.29 is 4.74 Å². The first-order chi connectivity index (χ1) is 9.83. The number of rotatable bonds is 7. The maximum atomic E-state index is 8.79. The molecule has 1 aromatic carbocycles. The molecule has 3 heteroatoms. The van der Waals surface area contributed by atoms with Gasteiger partial charge in [-0.25, -0.2) is 0 Å². The maximum Gasteiger partial charge on any atom is 0.174 e. The molecule has 0 unspecified atom stereocenters. The molecule has 2 aromatic rings. The van der Waals surface area contributed by atoms with Crippen molar-refractivity contribution in [1.29, 1.82) is 5.26 Å². The smallest absolute Gasteiger partial charge is 0.174 e. The van der Waals surface area contributed by atoms with E-state index in [2.05, 4.69) is 19.1 Å². The average Bonchev–Trinajstić information content (AvgIpc) is 2.96. The highest BCUT2D eigenvalue weighted by Gasteiger charge is 2.04. The van der Waals surface area contributed by atoms with Crippen LogP contribution in [0.1, 0.15) is 38.2 Å². The molecule has 0 saturated heterocycles. The Kier molecular flexibility index (Phi) is 5.64. The Balaban J connectivity index is 1.89. The molecule has 1 heterocycles. The number of nitriles is 1. The van der Waals surface area contributed by atoms with Gasteiger partial charge in [-0.2, -0.15) is 5.26 Å². The second kappa shape index (κ2) is 7.72. The highest BCUT2D eigenvalue weighted by Crippen LogP contribution is 2.33. The van der Waals surface area contributed by atoms with Crippen LogP contribution in [0, 0.1) is 11.3 Å². The van der Waals surface area contributed by atoms with Crippen LogP contribution >= 0.6 is 11.3 Å². The van der Waals surface area contributed by atoms with Gasteiger partial charge in [0, 0.05) is 4.88 Å². The minimum atomic E-state index is 0.692. The SMILES string of the molecule is CCCCCCOc1ccc(-c2ccc(C#N)cc2)s1. The van der Waals surface area contributed by atoms with E-state index in [0.29, 0.717) is 5.56 Å². The first kappa shape index (κ1) is 14.6. The lowest BCUT2D eigenvalue weighted by Crippen LogP contribution is -1.94. The average molecular weight is 285 g/mol. The summed E-state index contributed by atoms with van der Waals surface area (Å²) in [4.78, 5) is 1.18. The molecule has 0 aliphatic rings. The molecule has 0 aliphatic carbocycles. The summed E-state index contributed by atoms with van der Waals surface area (Å²) < 4.78 is 5.77. The second-order valence-electron chi connectivity index (χ2n) is 4.72. The van der Waals surface area contributed by atoms with E-state index in [1.165, 1.54) is 24.1 Å². The van der Waals surface area contributed by atoms with E-state index in [4.69, 9.17) is 10.00 Å². The number of hydrogen-bond acceptors (Lipinski definition) is 3. The number of benzene rings is 1. The number of unbranched alkanes of at least 4 members (excludes halogenated alkanes) is 3. The van der Waals surface area contributed by atoms with Gasteiger partial charge in [-0.15, -0.1) is 0 Å². The molecule has 0 atom stereocenters. The molecular weight excluding hydrogens is 266 g/mol. The fourth-order valence-electron chi connectivity index (χ4n) is 1.96. The van der Waals surface area contributed by atoms with Crippen molar-refractivity contribution >= 4 is 11.3 Å². The third-order valence-corrected chi connectivity index (χ3v) is 4.17. The molecule has 20 heavy (non-hydrogen) atoms. The van der Waals surface area contributed by atoms with Gasteiger partial charge in [0.05, 0.1) is 18.2 Å². The van der Waals surface area contributed by atoms with E-state index in [1.54, 1.807) is 11.3 Å². The first-order valence-corrected chi connectivity index (χ1v) is 7.88. The highest BCUT2D eigenvalue weighted by molar-refractivity contribution is 7.17. The van der Waals surface area contributed by atoms with Gasteiger partial charge in [0.2, 0.25) is 0 Å². The van der Waals surface area contributed by atoms with Crippen molar-refractivity contribution in [3.05, 3.63) is 42.0 Å². The topological polar surface area (TPSA) is 33.0 Å². The van der Waals surface area contributed by atoms with Crippen LogP contribution in [0.15, 0.2) is 36.4 Å². The van der Waals surface area contributed by atoms with Gasteiger partial charge < -0.3 is 4.74 Å². The van der Waals surface area contributed by atoms with Crippen LogP contribution in [0.3, 0.4) is 0 Å². The Morgan fingerprint density at radius 3 is 2.55 bits per heavy atom. The standard InChI is InChI=1S/C17H19NOS/c1-2-3-4-5-12-19-17-11-10-16(20-17)15-8-6-14(13-18)7-9-15/h6-11H,2-5,12H2,1H3. The summed E-state index contributed by atoms with van der Waals surface area (Å²) in [5, 5.41) is 9.77. The van der Waals surface area contributed by atoms with Crippen molar-refractivity contribution in [2.45, 2.75) is 32.6 Å². The van der Waals surface area contributed by atoms with Gasteiger partial charge in [-0.05, 0) is 36.2 Å². The van der Waals surface area contributed by atoms with Crippen LogP contribution in [0.5, 0.6) is 5.06 Å². The van der Waals surface area contributed by atoms with E-state index in [0.717, 1.165) is 23.7 Å². The molecule has 0 radical (unpaired) electrons. The van der Waals surface area contributed by atoms with Gasteiger partial charge in [-0.3, -0.25) is 0 Å². The molecular formula is C17H19NOS. The van der Waals surface area contributed by atoms with Crippen molar-refractivity contribution in [3.8, 4) is 21.6 Å². The third kappa shape index (κ3) is 4.11. The Hall–Kier alpha value is -1.79. The normalized spacial score (nSPS) is 10.2. The Morgan fingerprint density at radius 1 is 1.05 bits per heavy atom. The minimum Gasteiger partial charge on any atom is -0.484 e. The summed E-state index contributed by atoms with van der Waals surface area (Å²) in [7, 11) is 0. The number of nitrogens with zero attached hydrogens (tertiary/aromatic N) is 1. The Morgan fingerprint density at radius 2 is 1.85 bits per heavy atom. The minimum absolute atomic E-state index is 0.692. The van der Waals surface area contributed by atoms with Crippen LogP contribution in [-0.2, 0) is 0 Å². The summed E-state index contributed by atoms with van der Waals surface area (Å²) in [6.45, 7) is 3.01. The van der Waals surface area contributed by atoms with E-state index in [1.807, 2.05) is 30.3 Å². The van der Waals surface area contributed by atoms with Gasteiger partial charge >= 0.3 is 0 Å². The summed E-state index contributed by atoms with van der Waals surface area (Å²) in [5.74, 6) is 0. The molecule has 0 aliphatic heterocycles. The van der Waals surface area contributed by atoms with E-state index in [-0.39, 0.29) is 0 Å². The highest BCUT2D eigenvalue weighted by atomic mass is 32.1. The lowest BCUT2D eigenvalue weighted by atomic mass is 10.1. The lowest BCUT2D eigenvalue weighted by molar-refractivity contribution is 0.313. The lowest BCUT2D eigenvalue weighted by Gasteiger charge is -2.02. The molecule has 0 saturated carbocycles. The molecule has 0 spiro atoms. The van der Waals surface area contributed by atoms with E-state index < -0.39 is 0 Å². The van der Waals surface area contributed by atoms with Crippen LogP contribution in [-0.4, -0.2) is 6.61 Å². The molecule has 104 valence electrons. The quantitative estimate of drug-likeness (QED) is 0.651. The first-order valence-electron chi connectivity index (χ1n) is 7.06. The monoisotopic (exact) mass is 285 g/mol. The Labute approximate surface area is 124 Å². The molecule has 0 amide bonds. The molecule has 2 rings (SSSR count). The number of ether oxygens (including phenoxy) is 1. The van der Waals surface area contributed by atoms with Crippen molar-refractivity contribution in [1.82, 2.24) is 0 Å².